The molecule has 0 amide bonds. The topological polar surface area (TPSA) is 29.3 Å². The van der Waals surface area contributed by atoms with Gasteiger partial charge < -0.3 is 0 Å². The van der Waals surface area contributed by atoms with Crippen LogP contribution < -0.4 is 5.84 Å². The summed E-state index contributed by atoms with van der Waals surface area (Å²) in [4.78, 5) is 0. The van der Waals surface area contributed by atoms with Crippen molar-refractivity contribution in [2.75, 3.05) is 13.6 Å². The lowest BCUT2D eigenvalue weighted by Gasteiger charge is -2.08. The van der Waals surface area contributed by atoms with Crippen LogP contribution in [0.3, 0.4) is 0 Å². The first-order chi connectivity index (χ1) is 8.27. The Labute approximate surface area is 109 Å². The molecule has 2 heteroatoms. The van der Waals surface area contributed by atoms with E-state index in [1.54, 1.807) is 5.01 Å². The van der Waals surface area contributed by atoms with Crippen LogP contribution in [0.2, 0.25) is 0 Å². The van der Waals surface area contributed by atoms with Gasteiger partial charge in [-0.3, -0.25) is 10.9 Å². The van der Waals surface area contributed by atoms with E-state index in [0.717, 1.165) is 6.54 Å². The Morgan fingerprint density at radius 3 is 1.35 bits per heavy atom. The standard InChI is InChI=1S/C15H34N2/c1-3-4-5-6-7-8-9-10-11-12-13-14-15-17(2)16/h3-16H2,1-2H3. The molecule has 0 rings (SSSR count). The first-order valence-corrected chi connectivity index (χ1v) is 7.73. The second-order valence-electron chi connectivity index (χ2n) is 5.37. The van der Waals surface area contributed by atoms with Gasteiger partial charge >= 0.3 is 0 Å². The molecule has 0 radical (unpaired) electrons. The minimum Gasteiger partial charge on any atom is -0.269 e. The van der Waals surface area contributed by atoms with Crippen LogP contribution in [0, 0.1) is 0 Å². The van der Waals surface area contributed by atoms with Crippen molar-refractivity contribution >= 4 is 0 Å². The third-order valence-corrected chi connectivity index (χ3v) is 3.36. The molecule has 0 saturated heterocycles. The molecule has 0 aromatic heterocycles. The number of hydrazine groups is 1. The fraction of sp³-hybridized carbons (Fsp3) is 1.00. The molecular weight excluding hydrogens is 208 g/mol. The molecule has 17 heavy (non-hydrogen) atoms. The van der Waals surface area contributed by atoms with Crippen molar-refractivity contribution < 1.29 is 0 Å². The van der Waals surface area contributed by atoms with Crippen LogP contribution in [-0.2, 0) is 0 Å². The van der Waals surface area contributed by atoms with Crippen LogP contribution in [0.1, 0.15) is 84.0 Å². The normalized spacial score (nSPS) is 11.3. The molecule has 0 bridgehead atoms. The van der Waals surface area contributed by atoms with E-state index < -0.39 is 0 Å². The summed E-state index contributed by atoms with van der Waals surface area (Å²) < 4.78 is 0. The number of rotatable bonds is 13. The lowest BCUT2D eigenvalue weighted by molar-refractivity contribution is 0.336. The van der Waals surface area contributed by atoms with Crippen molar-refractivity contribution in [3.63, 3.8) is 0 Å². The van der Waals surface area contributed by atoms with Gasteiger partial charge in [0.2, 0.25) is 0 Å². The first kappa shape index (κ1) is 16.9. The third-order valence-electron chi connectivity index (χ3n) is 3.36. The molecule has 0 aromatic rings. The van der Waals surface area contributed by atoms with Gasteiger partial charge in [-0.15, -0.1) is 0 Å². The van der Waals surface area contributed by atoms with Crippen LogP contribution in [0.15, 0.2) is 0 Å². The molecule has 0 fully saturated rings. The maximum Gasteiger partial charge on any atom is 0.0125 e. The van der Waals surface area contributed by atoms with E-state index in [1.165, 1.54) is 77.0 Å². The van der Waals surface area contributed by atoms with Crippen molar-refractivity contribution in [2.24, 2.45) is 5.84 Å². The Kier molecular flexibility index (Phi) is 13.9. The zero-order valence-corrected chi connectivity index (χ0v) is 12.2. The highest BCUT2D eigenvalue weighted by Crippen LogP contribution is 2.11. The van der Waals surface area contributed by atoms with E-state index in [4.69, 9.17) is 5.84 Å². The summed E-state index contributed by atoms with van der Waals surface area (Å²) in [5.41, 5.74) is 0. The summed E-state index contributed by atoms with van der Waals surface area (Å²) in [6, 6.07) is 0. The molecule has 0 saturated carbocycles. The van der Waals surface area contributed by atoms with Gasteiger partial charge in [0, 0.05) is 13.6 Å². The summed E-state index contributed by atoms with van der Waals surface area (Å²) in [7, 11) is 1.94. The van der Waals surface area contributed by atoms with Crippen molar-refractivity contribution in [2.45, 2.75) is 84.0 Å². The zero-order chi connectivity index (χ0) is 12.8. The molecule has 0 spiro atoms. The van der Waals surface area contributed by atoms with Gasteiger partial charge in [0.05, 0.1) is 0 Å². The maximum atomic E-state index is 5.56. The molecule has 0 aliphatic carbocycles. The van der Waals surface area contributed by atoms with Crippen LogP contribution in [-0.4, -0.2) is 18.6 Å². The number of unbranched alkanes of at least 4 members (excludes halogenated alkanes) is 11. The van der Waals surface area contributed by atoms with Crippen molar-refractivity contribution in [3.8, 4) is 0 Å². The Balaban J connectivity index is 2.89. The van der Waals surface area contributed by atoms with Gasteiger partial charge in [0.15, 0.2) is 0 Å². The highest BCUT2D eigenvalue weighted by Gasteiger charge is 1.94. The van der Waals surface area contributed by atoms with Crippen LogP contribution in [0.4, 0.5) is 0 Å². The van der Waals surface area contributed by atoms with Gasteiger partial charge in [0.25, 0.3) is 0 Å². The summed E-state index contributed by atoms with van der Waals surface area (Å²) in [5, 5.41) is 1.79. The molecular formula is C15H34N2. The summed E-state index contributed by atoms with van der Waals surface area (Å²) >= 11 is 0. The minimum atomic E-state index is 1.04. The average Bonchev–Trinajstić information content (AvgIpc) is 2.30. The molecule has 0 unspecified atom stereocenters. The Bertz CT molecular complexity index is 135. The summed E-state index contributed by atoms with van der Waals surface area (Å²) in [5.74, 6) is 5.56. The Morgan fingerprint density at radius 2 is 1.00 bits per heavy atom. The molecule has 0 heterocycles. The SMILES string of the molecule is CCCCCCCCCCCCCCN(C)N. The number of hydrogen-bond donors (Lipinski definition) is 1. The number of nitrogens with two attached hydrogens (primary N) is 1. The summed E-state index contributed by atoms with van der Waals surface area (Å²) in [6.07, 6.45) is 16.9. The Hall–Kier alpha value is -0.0800. The highest BCUT2D eigenvalue weighted by atomic mass is 15.4. The van der Waals surface area contributed by atoms with E-state index in [1.807, 2.05) is 7.05 Å². The van der Waals surface area contributed by atoms with Gasteiger partial charge in [-0.25, -0.2) is 0 Å². The molecule has 0 aliphatic heterocycles. The predicted octanol–water partition coefficient (Wildman–Crippen LogP) is 4.49. The third kappa shape index (κ3) is 15.9. The largest absolute Gasteiger partial charge is 0.269 e. The fourth-order valence-electron chi connectivity index (χ4n) is 2.20. The van der Waals surface area contributed by atoms with E-state index in [2.05, 4.69) is 6.92 Å². The van der Waals surface area contributed by atoms with Crippen LogP contribution >= 0.6 is 0 Å². The van der Waals surface area contributed by atoms with Crippen LogP contribution in [0.5, 0.6) is 0 Å². The van der Waals surface area contributed by atoms with Crippen molar-refractivity contribution in [3.05, 3.63) is 0 Å². The second kappa shape index (κ2) is 14.0. The van der Waals surface area contributed by atoms with E-state index >= 15 is 0 Å². The van der Waals surface area contributed by atoms with Gasteiger partial charge in [-0.2, -0.15) is 0 Å². The lowest BCUT2D eigenvalue weighted by Crippen LogP contribution is -2.26. The summed E-state index contributed by atoms with van der Waals surface area (Å²) in [6.45, 7) is 3.32. The zero-order valence-electron chi connectivity index (χ0n) is 12.2. The maximum absolute atomic E-state index is 5.56. The molecule has 0 aliphatic rings. The van der Waals surface area contributed by atoms with Gasteiger partial charge in [-0.05, 0) is 6.42 Å². The number of nitrogens with zero attached hydrogens (tertiary/aromatic N) is 1. The lowest BCUT2D eigenvalue weighted by atomic mass is 10.1. The van der Waals surface area contributed by atoms with Crippen LogP contribution in [0.25, 0.3) is 0 Å². The quantitative estimate of drug-likeness (QED) is 0.293. The van der Waals surface area contributed by atoms with E-state index in [-0.39, 0.29) is 0 Å². The number of hydrogen-bond acceptors (Lipinski definition) is 2. The predicted molar refractivity (Wildman–Crippen MR) is 77.9 cm³/mol. The van der Waals surface area contributed by atoms with Gasteiger partial charge in [0.1, 0.15) is 0 Å². The smallest absolute Gasteiger partial charge is 0.0125 e. The average molecular weight is 242 g/mol. The van der Waals surface area contributed by atoms with E-state index in [9.17, 15) is 0 Å². The highest BCUT2D eigenvalue weighted by molar-refractivity contribution is 4.49. The molecule has 104 valence electrons. The van der Waals surface area contributed by atoms with Crippen molar-refractivity contribution in [1.82, 2.24) is 5.01 Å². The Morgan fingerprint density at radius 1 is 0.647 bits per heavy atom. The second-order valence-corrected chi connectivity index (χ2v) is 5.37. The molecule has 0 atom stereocenters. The molecule has 2 nitrogen and oxygen atoms in total. The fourth-order valence-corrected chi connectivity index (χ4v) is 2.20. The first-order valence-electron chi connectivity index (χ1n) is 7.73. The van der Waals surface area contributed by atoms with Gasteiger partial charge in [-0.1, -0.05) is 77.6 Å². The minimum absolute atomic E-state index is 1.04. The molecule has 2 N–H and O–H groups in total. The van der Waals surface area contributed by atoms with E-state index in [0.29, 0.717) is 0 Å². The monoisotopic (exact) mass is 242 g/mol. The van der Waals surface area contributed by atoms with Crippen molar-refractivity contribution in [1.29, 1.82) is 0 Å². The molecule has 0 aromatic carbocycles.